The molecule has 1 unspecified atom stereocenters. The van der Waals surface area contributed by atoms with Crippen LogP contribution in [0, 0.1) is 5.92 Å². The number of carbonyl (C=O) groups excluding carboxylic acids is 1. The molecule has 3 aromatic rings. The van der Waals surface area contributed by atoms with E-state index in [0.29, 0.717) is 5.69 Å². The summed E-state index contributed by atoms with van der Waals surface area (Å²) in [4.78, 5) is 18.1. The minimum absolute atomic E-state index is 0.0699. The number of hydrogen-bond donors (Lipinski definition) is 0. The lowest BCUT2D eigenvalue weighted by Gasteiger charge is -2.23. The maximum atomic E-state index is 13.4. The Balaban J connectivity index is 1.59. The van der Waals surface area contributed by atoms with E-state index in [2.05, 4.69) is 46.2 Å². The van der Waals surface area contributed by atoms with Crippen LogP contribution in [0.25, 0.3) is 10.9 Å². The van der Waals surface area contributed by atoms with Crippen molar-refractivity contribution in [1.29, 1.82) is 0 Å². The van der Waals surface area contributed by atoms with Gasteiger partial charge in [-0.3, -0.25) is 14.4 Å². The zero-order valence-corrected chi connectivity index (χ0v) is 16.0. The van der Waals surface area contributed by atoms with Crippen molar-refractivity contribution >= 4 is 16.7 Å². The Bertz CT molecular complexity index is 934. The first kappa shape index (κ1) is 17.9. The summed E-state index contributed by atoms with van der Waals surface area (Å²) in [5.74, 6) is 0.0816. The van der Waals surface area contributed by atoms with Crippen LogP contribution in [0.1, 0.15) is 16.1 Å². The van der Waals surface area contributed by atoms with Gasteiger partial charge in [0.05, 0.1) is 5.52 Å². The van der Waals surface area contributed by atoms with Crippen molar-refractivity contribution in [2.24, 2.45) is 13.0 Å². The van der Waals surface area contributed by atoms with E-state index in [1.54, 1.807) is 0 Å². The van der Waals surface area contributed by atoms with Crippen LogP contribution < -0.4 is 0 Å². The Morgan fingerprint density at radius 1 is 1.00 bits per heavy atom. The number of hydrogen-bond acceptors (Lipinski definition) is 4. The van der Waals surface area contributed by atoms with Crippen molar-refractivity contribution in [3.63, 3.8) is 0 Å². The highest BCUT2D eigenvalue weighted by Crippen LogP contribution is 2.22. The number of fused-ring (bicyclic) bond motifs is 1. The number of aromatic nitrogens is 2. The van der Waals surface area contributed by atoms with Gasteiger partial charge in [-0.25, -0.2) is 0 Å². The molecule has 1 aliphatic rings. The SMILES string of the molecule is CN1CCN(Cc2ccccc2)CC(C(=O)c2nn(C)c3ccccc23)C1. The zero-order chi connectivity index (χ0) is 18.8. The second-order valence-electron chi connectivity index (χ2n) is 7.53. The van der Waals surface area contributed by atoms with Gasteiger partial charge in [0.2, 0.25) is 0 Å². The number of likely N-dealkylation sites (N-methyl/N-ethyl adjacent to an activating group) is 1. The summed E-state index contributed by atoms with van der Waals surface area (Å²) in [6.07, 6.45) is 0. The molecule has 0 amide bonds. The van der Waals surface area contributed by atoms with Gasteiger partial charge >= 0.3 is 0 Å². The third kappa shape index (κ3) is 3.80. The number of carbonyl (C=O) groups is 1. The predicted molar refractivity (Wildman–Crippen MR) is 108 cm³/mol. The molecule has 2 heterocycles. The highest BCUT2D eigenvalue weighted by atomic mass is 16.1. The molecule has 0 radical (unpaired) electrons. The second-order valence-corrected chi connectivity index (χ2v) is 7.53. The van der Waals surface area contributed by atoms with Gasteiger partial charge in [-0.15, -0.1) is 0 Å². The monoisotopic (exact) mass is 362 g/mol. The Morgan fingerprint density at radius 3 is 2.56 bits per heavy atom. The molecule has 1 saturated heterocycles. The van der Waals surface area contributed by atoms with Gasteiger partial charge in [-0.05, 0) is 18.7 Å². The third-order valence-corrected chi connectivity index (χ3v) is 5.42. The molecule has 0 saturated carbocycles. The van der Waals surface area contributed by atoms with Crippen molar-refractivity contribution in [3.8, 4) is 0 Å². The number of Topliss-reactive ketones (excluding diaryl/α,β-unsaturated/α-hetero) is 1. The van der Waals surface area contributed by atoms with E-state index >= 15 is 0 Å². The van der Waals surface area contributed by atoms with Crippen molar-refractivity contribution in [2.75, 3.05) is 33.2 Å². The van der Waals surface area contributed by atoms with Crippen molar-refractivity contribution in [2.45, 2.75) is 6.54 Å². The first-order chi connectivity index (χ1) is 13.1. The number of ketones is 1. The topological polar surface area (TPSA) is 41.4 Å². The average molecular weight is 362 g/mol. The van der Waals surface area contributed by atoms with Crippen LogP contribution in [0.4, 0.5) is 0 Å². The maximum absolute atomic E-state index is 13.4. The molecule has 0 spiro atoms. The molecule has 1 aliphatic heterocycles. The molecule has 4 rings (SSSR count). The van der Waals surface area contributed by atoms with Gasteiger partial charge in [-0.1, -0.05) is 48.5 Å². The molecule has 0 aliphatic carbocycles. The van der Waals surface area contributed by atoms with E-state index in [1.165, 1.54) is 5.56 Å². The normalized spacial score (nSPS) is 19.3. The van der Waals surface area contributed by atoms with Gasteiger partial charge < -0.3 is 4.90 Å². The highest BCUT2D eigenvalue weighted by molar-refractivity contribution is 6.07. The molecule has 5 nitrogen and oxygen atoms in total. The fourth-order valence-corrected chi connectivity index (χ4v) is 3.98. The van der Waals surface area contributed by atoms with Crippen LogP contribution in [0.15, 0.2) is 54.6 Å². The number of aryl methyl sites for hydroxylation is 1. The summed E-state index contributed by atoms with van der Waals surface area (Å²) in [7, 11) is 4.00. The van der Waals surface area contributed by atoms with E-state index in [1.807, 2.05) is 42.1 Å². The van der Waals surface area contributed by atoms with E-state index in [-0.39, 0.29) is 11.7 Å². The Labute approximate surface area is 160 Å². The van der Waals surface area contributed by atoms with E-state index < -0.39 is 0 Å². The van der Waals surface area contributed by atoms with Gasteiger partial charge in [0.25, 0.3) is 0 Å². The summed E-state index contributed by atoms with van der Waals surface area (Å²) in [5, 5.41) is 5.51. The largest absolute Gasteiger partial charge is 0.304 e. The van der Waals surface area contributed by atoms with Gasteiger partial charge in [-0.2, -0.15) is 5.10 Å². The number of para-hydroxylation sites is 1. The first-order valence-corrected chi connectivity index (χ1v) is 9.52. The van der Waals surface area contributed by atoms with Crippen LogP contribution in [-0.4, -0.2) is 58.6 Å². The van der Waals surface area contributed by atoms with Crippen LogP contribution in [0.2, 0.25) is 0 Å². The Kier molecular flexibility index (Phi) is 5.05. The molecular formula is C22H26N4O. The van der Waals surface area contributed by atoms with Crippen LogP contribution in [0.3, 0.4) is 0 Å². The van der Waals surface area contributed by atoms with Gasteiger partial charge in [0.1, 0.15) is 5.69 Å². The second kappa shape index (κ2) is 7.62. The predicted octanol–water partition coefficient (Wildman–Crippen LogP) is 2.82. The highest BCUT2D eigenvalue weighted by Gasteiger charge is 2.30. The van der Waals surface area contributed by atoms with E-state index in [0.717, 1.165) is 43.6 Å². The smallest absolute Gasteiger partial charge is 0.189 e. The summed E-state index contributed by atoms with van der Waals surface area (Å²) in [6.45, 7) is 4.36. The van der Waals surface area contributed by atoms with Gasteiger partial charge in [0.15, 0.2) is 5.78 Å². The lowest BCUT2D eigenvalue weighted by atomic mass is 9.98. The molecule has 1 aromatic heterocycles. The standard InChI is InChI=1S/C22H26N4O/c1-24-12-13-26(14-17-8-4-3-5-9-17)16-18(15-24)22(27)21-19-10-6-7-11-20(19)25(2)23-21/h3-11,18H,12-16H2,1-2H3. The number of benzene rings is 2. The van der Waals surface area contributed by atoms with Crippen LogP contribution in [-0.2, 0) is 13.6 Å². The van der Waals surface area contributed by atoms with Crippen LogP contribution in [0.5, 0.6) is 0 Å². The lowest BCUT2D eigenvalue weighted by molar-refractivity contribution is 0.0873. The van der Waals surface area contributed by atoms with Crippen molar-refractivity contribution < 1.29 is 4.79 Å². The summed E-state index contributed by atoms with van der Waals surface area (Å²) in [6, 6.07) is 18.5. The van der Waals surface area contributed by atoms with Crippen LogP contribution >= 0.6 is 0 Å². The third-order valence-electron chi connectivity index (χ3n) is 5.42. The maximum Gasteiger partial charge on any atom is 0.189 e. The molecule has 1 atom stereocenters. The summed E-state index contributed by atoms with van der Waals surface area (Å²) >= 11 is 0. The molecular weight excluding hydrogens is 336 g/mol. The minimum Gasteiger partial charge on any atom is -0.304 e. The summed E-state index contributed by atoms with van der Waals surface area (Å²) < 4.78 is 1.81. The van der Waals surface area contributed by atoms with Crippen molar-refractivity contribution in [1.82, 2.24) is 19.6 Å². The molecule has 2 aromatic carbocycles. The fourth-order valence-electron chi connectivity index (χ4n) is 3.98. The molecule has 140 valence electrons. The zero-order valence-electron chi connectivity index (χ0n) is 16.0. The molecule has 0 bridgehead atoms. The average Bonchev–Trinajstić information content (AvgIpc) is 2.91. The lowest BCUT2D eigenvalue weighted by Crippen LogP contribution is -2.34. The quantitative estimate of drug-likeness (QED) is 0.669. The molecule has 0 N–H and O–H groups in total. The Morgan fingerprint density at radius 2 is 1.74 bits per heavy atom. The first-order valence-electron chi connectivity index (χ1n) is 9.52. The molecule has 1 fully saturated rings. The summed E-state index contributed by atoms with van der Waals surface area (Å²) in [5.41, 5.74) is 2.90. The number of nitrogens with zero attached hydrogens (tertiary/aromatic N) is 4. The van der Waals surface area contributed by atoms with Gasteiger partial charge in [0, 0.05) is 51.1 Å². The van der Waals surface area contributed by atoms with Crippen molar-refractivity contribution in [3.05, 3.63) is 65.9 Å². The van der Waals surface area contributed by atoms with E-state index in [4.69, 9.17) is 0 Å². The minimum atomic E-state index is -0.0699. The number of rotatable bonds is 4. The Hall–Kier alpha value is -2.50. The molecule has 27 heavy (non-hydrogen) atoms. The fraction of sp³-hybridized carbons (Fsp3) is 0.364. The van der Waals surface area contributed by atoms with E-state index in [9.17, 15) is 4.79 Å². The molecule has 5 heteroatoms.